The van der Waals surface area contributed by atoms with E-state index in [-0.39, 0.29) is 23.9 Å². The molecule has 0 spiro atoms. The standard InChI is InChI=1S/C21H22ClN3O3/c1-12-2-7-18(28-12)20(26)23-19-15-10-24(11-16(15)19)17-8-9-25(21(17)27)14-5-3-13(22)4-6-14/h2-7,15-17,19H,8-11H2,1H3,(H,23,26)/t15-,16+,17?,19?. The molecule has 6 nitrogen and oxygen atoms in total. The third-order valence-electron chi connectivity index (χ3n) is 6.24. The van der Waals surface area contributed by atoms with E-state index in [1.165, 1.54) is 0 Å². The molecule has 2 aliphatic heterocycles. The van der Waals surface area contributed by atoms with Crippen molar-refractivity contribution in [1.82, 2.24) is 10.2 Å². The number of hydrogen-bond acceptors (Lipinski definition) is 4. The van der Waals surface area contributed by atoms with E-state index in [2.05, 4.69) is 10.2 Å². The number of anilines is 1. The molecule has 146 valence electrons. The van der Waals surface area contributed by atoms with Gasteiger partial charge in [-0.2, -0.15) is 0 Å². The lowest BCUT2D eigenvalue weighted by atomic mass is 10.2. The average Bonchev–Trinajstić information content (AvgIpc) is 3.13. The fourth-order valence-electron chi connectivity index (χ4n) is 4.69. The number of benzene rings is 1. The third-order valence-corrected chi connectivity index (χ3v) is 6.49. The number of nitrogens with one attached hydrogen (secondary N) is 1. The number of aryl methyl sites for hydroxylation is 1. The quantitative estimate of drug-likeness (QED) is 0.858. The van der Waals surface area contributed by atoms with E-state index in [0.717, 1.165) is 37.5 Å². The highest BCUT2D eigenvalue weighted by Crippen LogP contribution is 2.47. The molecule has 2 unspecified atom stereocenters. The zero-order chi connectivity index (χ0) is 19.4. The number of fused-ring (bicyclic) bond motifs is 1. The van der Waals surface area contributed by atoms with Crippen LogP contribution in [0, 0.1) is 18.8 Å². The van der Waals surface area contributed by atoms with Crippen LogP contribution in [-0.2, 0) is 4.79 Å². The first-order chi connectivity index (χ1) is 13.5. The fourth-order valence-corrected chi connectivity index (χ4v) is 4.81. The molecule has 1 aromatic heterocycles. The van der Waals surface area contributed by atoms with E-state index < -0.39 is 0 Å². The van der Waals surface area contributed by atoms with Crippen LogP contribution in [0.4, 0.5) is 5.69 Å². The van der Waals surface area contributed by atoms with E-state index in [1.807, 2.05) is 36.1 Å². The zero-order valence-corrected chi connectivity index (χ0v) is 16.4. The number of halogens is 1. The Balaban J connectivity index is 1.17. The molecular formula is C21H22ClN3O3. The predicted octanol–water partition coefficient (Wildman–Crippen LogP) is 2.71. The largest absolute Gasteiger partial charge is 0.456 e. The van der Waals surface area contributed by atoms with Gasteiger partial charge in [0.25, 0.3) is 5.91 Å². The van der Waals surface area contributed by atoms with Gasteiger partial charge in [0.1, 0.15) is 5.76 Å². The molecule has 1 saturated carbocycles. The van der Waals surface area contributed by atoms with Gasteiger partial charge in [0, 0.05) is 36.4 Å². The number of likely N-dealkylation sites (tertiary alicyclic amines) is 1. The smallest absolute Gasteiger partial charge is 0.287 e. The maximum atomic E-state index is 12.9. The van der Waals surface area contributed by atoms with Gasteiger partial charge in [-0.05, 0) is 61.6 Å². The van der Waals surface area contributed by atoms with Gasteiger partial charge in [0.05, 0.1) is 6.04 Å². The predicted molar refractivity (Wildman–Crippen MR) is 105 cm³/mol. The van der Waals surface area contributed by atoms with Gasteiger partial charge in [-0.1, -0.05) is 11.6 Å². The summed E-state index contributed by atoms with van der Waals surface area (Å²) in [4.78, 5) is 29.3. The van der Waals surface area contributed by atoms with Crippen molar-refractivity contribution in [3.05, 3.63) is 52.9 Å². The average molecular weight is 400 g/mol. The summed E-state index contributed by atoms with van der Waals surface area (Å²) < 4.78 is 5.39. The second-order valence-corrected chi connectivity index (χ2v) is 8.40. The molecule has 1 aliphatic carbocycles. The van der Waals surface area contributed by atoms with Crippen LogP contribution < -0.4 is 10.2 Å². The molecule has 3 fully saturated rings. The number of hydrogen-bond donors (Lipinski definition) is 1. The van der Waals surface area contributed by atoms with Gasteiger partial charge in [-0.25, -0.2) is 0 Å². The van der Waals surface area contributed by atoms with E-state index in [9.17, 15) is 9.59 Å². The van der Waals surface area contributed by atoms with Gasteiger partial charge in [0.2, 0.25) is 5.91 Å². The van der Waals surface area contributed by atoms with Crippen LogP contribution in [0.1, 0.15) is 22.7 Å². The molecule has 2 aromatic rings. The summed E-state index contributed by atoms with van der Waals surface area (Å²) in [6, 6.07) is 11.1. The van der Waals surface area contributed by atoms with Crippen molar-refractivity contribution in [2.24, 2.45) is 11.8 Å². The van der Waals surface area contributed by atoms with Crippen LogP contribution in [0.2, 0.25) is 5.02 Å². The van der Waals surface area contributed by atoms with Gasteiger partial charge in [-0.3, -0.25) is 14.5 Å². The van der Waals surface area contributed by atoms with Crippen LogP contribution in [0.5, 0.6) is 0 Å². The van der Waals surface area contributed by atoms with E-state index in [4.69, 9.17) is 16.0 Å². The maximum absolute atomic E-state index is 12.9. The van der Waals surface area contributed by atoms with E-state index in [0.29, 0.717) is 22.6 Å². The van der Waals surface area contributed by atoms with Crippen molar-refractivity contribution in [1.29, 1.82) is 0 Å². The molecule has 1 N–H and O–H groups in total. The topological polar surface area (TPSA) is 65.8 Å². The molecule has 3 aliphatic rings. The Labute approximate surface area is 168 Å². The lowest BCUT2D eigenvalue weighted by Crippen LogP contribution is -2.44. The Morgan fingerprint density at radius 1 is 1.14 bits per heavy atom. The van der Waals surface area contributed by atoms with Crippen molar-refractivity contribution in [2.45, 2.75) is 25.4 Å². The minimum atomic E-state index is -0.148. The molecule has 2 saturated heterocycles. The van der Waals surface area contributed by atoms with Gasteiger partial charge < -0.3 is 14.6 Å². The minimum Gasteiger partial charge on any atom is -0.456 e. The molecule has 4 atom stereocenters. The Kier molecular flexibility index (Phi) is 4.21. The Bertz CT molecular complexity index is 913. The number of furan rings is 1. The van der Waals surface area contributed by atoms with Gasteiger partial charge >= 0.3 is 0 Å². The molecule has 5 rings (SSSR count). The molecule has 28 heavy (non-hydrogen) atoms. The summed E-state index contributed by atoms with van der Waals surface area (Å²) >= 11 is 5.95. The lowest BCUT2D eigenvalue weighted by molar-refractivity contribution is -0.121. The summed E-state index contributed by atoms with van der Waals surface area (Å²) in [5, 5.41) is 3.75. The highest BCUT2D eigenvalue weighted by Gasteiger charge is 2.58. The number of amides is 2. The molecule has 7 heteroatoms. The third kappa shape index (κ3) is 3.01. The molecule has 2 amide bonds. The van der Waals surface area contributed by atoms with Crippen LogP contribution in [0.15, 0.2) is 40.8 Å². The Hall–Kier alpha value is -2.31. The Morgan fingerprint density at radius 2 is 1.86 bits per heavy atom. The first kappa shape index (κ1) is 17.8. The van der Waals surface area contributed by atoms with Crippen LogP contribution in [0.3, 0.4) is 0 Å². The highest BCUT2D eigenvalue weighted by atomic mass is 35.5. The summed E-state index contributed by atoms with van der Waals surface area (Å²) in [5.41, 5.74) is 0.903. The number of carbonyl (C=O) groups excluding carboxylic acids is 2. The van der Waals surface area contributed by atoms with Crippen molar-refractivity contribution in [3.8, 4) is 0 Å². The van der Waals surface area contributed by atoms with E-state index in [1.54, 1.807) is 12.1 Å². The SMILES string of the molecule is Cc1ccc(C(=O)NC2[C@H]3CN(C4CCN(c5ccc(Cl)cc5)C4=O)C[C@@H]23)o1. The number of carbonyl (C=O) groups is 2. The minimum absolute atomic E-state index is 0.0625. The molecular weight excluding hydrogens is 378 g/mol. The van der Waals surface area contributed by atoms with E-state index >= 15 is 0 Å². The monoisotopic (exact) mass is 399 g/mol. The Morgan fingerprint density at radius 3 is 2.50 bits per heavy atom. The highest BCUT2D eigenvalue weighted by molar-refractivity contribution is 6.30. The second kappa shape index (κ2) is 6.64. The van der Waals surface area contributed by atoms with Crippen molar-refractivity contribution >= 4 is 29.1 Å². The summed E-state index contributed by atoms with van der Waals surface area (Å²) in [7, 11) is 0. The second-order valence-electron chi connectivity index (χ2n) is 7.96. The van der Waals surface area contributed by atoms with Crippen molar-refractivity contribution < 1.29 is 14.0 Å². The summed E-state index contributed by atoms with van der Waals surface area (Å²) in [5.74, 6) is 1.97. The van der Waals surface area contributed by atoms with Crippen molar-refractivity contribution in [3.63, 3.8) is 0 Å². The number of nitrogens with zero attached hydrogens (tertiary/aromatic N) is 2. The van der Waals surface area contributed by atoms with Crippen LogP contribution >= 0.6 is 11.6 Å². The first-order valence-corrected chi connectivity index (χ1v) is 10.1. The van der Waals surface area contributed by atoms with Crippen molar-refractivity contribution in [2.75, 3.05) is 24.5 Å². The molecule has 3 heterocycles. The summed E-state index contributed by atoms with van der Waals surface area (Å²) in [6.45, 7) is 4.27. The molecule has 1 aromatic carbocycles. The molecule has 0 bridgehead atoms. The lowest BCUT2D eigenvalue weighted by Gasteiger charge is -2.26. The summed E-state index contributed by atoms with van der Waals surface area (Å²) in [6.07, 6.45) is 0.837. The van der Waals surface area contributed by atoms with Gasteiger partial charge in [0.15, 0.2) is 5.76 Å². The number of piperidine rings is 1. The first-order valence-electron chi connectivity index (χ1n) is 9.69. The zero-order valence-electron chi connectivity index (χ0n) is 15.6. The normalized spacial score (nSPS) is 29.2. The van der Waals surface area contributed by atoms with Crippen LogP contribution in [-0.4, -0.2) is 48.4 Å². The maximum Gasteiger partial charge on any atom is 0.287 e. The molecule has 0 radical (unpaired) electrons. The number of rotatable bonds is 4. The van der Waals surface area contributed by atoms with Gasteiger partial charge in [-0.15, -0.1) is 0 Å². The van der Waals surface area contributed by atoms with Crippen LogP contribution in [0.25, 0.3) is 0 Å². The fraction of sp³-hybridized carbons (Fsp3) is 0.429.